The molecule has 0 unspecified atom stereocenters. The molecule has 0 atom stereocenters. The number of hydrogen-bond acceptors (Lipinski definition) is 3. The molecule has 5 heteroatoms. The van der Waals surface area contributed by atoms with Crippen molar-refractivity contribution >= 4 is 10.1 Å². The van der Waals surface area contributed by atoms with Gasteiger partial charge in [0.15, 0.2) is 0 Å². The number of benzene rings is 1. The molecular formula is C14H19NO3S. The van der Waals surface area contributed by atoms with E-state index in [1.807, 2.05) is 0 Å². The molecule has 0 amide bonds. The molecule has 1 aliphatic rings. The van der Waals surface area contributed by atoms with Crippen molar-refractivity contribution in [2.75, 3.05) is 20.6 Å². The van der Waals surface area contributed by atoms with E-state index in [1.165, 1.54) is 0 Å². The predicted molar refractivity (Wildman–Crippen MR) is 75.1 cm³/mol. The zero-order valence-corrected chi connectivity index (χ0v) is 12.0. The van der Waals surface area contributed by atoms with Gasteiger partial charge in [0.25, 0.3) is 0 Å². The Morgan fingerprint density at radius 3 is 2.16 bits per heavy atom. The molecule has 1 aromatic rings. The van der Waals surface area contributed by atoms with Crippen molar-refractivity contribution in [2.45, 2.75) is 5.75 Å². The molecule has 4 nitrogen and oxygen atoms in total. The Bertz CT molecular complexity index is 545. The number of nitrogens with zero attached hydrogens (tertiary/aromatic N) is 1. The molecule has 1 aromatic carbocycles. The summed E-state index contributed by atoms with van der Waals surface area (Å²) in [7, 11) is 0.234. The first kappa shape index (κ1) is 15.6. The summed E-state index contributed by atoms with van der Waals surface area (Å²) in [4.78, 5) is 0. The molecule has 0 aliphatic carbocycles. The molecule has 0 radical (unpaired) electrons. The van der Waals surface area contributed by atoms with Crippen LogP contribution in [0.1, 0.15) is 5.56 Å². The molecule has 0 bridgehead atoms. The maximum Gasteiger partial charge on any atom is 0.101 e. The summed E-state index contributed by atoms with van der Waals surface area (Å²) in [6, 6.07) is 8.37. The highest BCUT2D eigenvalue weighted by Gasteiger charge is 2.08. The predicted octanol–water partition coefficient (Wildman–Crippen LogP) is 1.88. The highest BCUT2D eigenvalue weighted by atomic mass is 32.2. The van der Waals surface area contributed by atoms with Crippen molar-refractivity contribution in [1.29, 1.82) is 0 Å². The summed E-state index contributed by atoms with van der Waals surface area (Å²) < 4.78 is 31.7. The van der Waals surface area contributed by atoms with Crippen LogP contribution in [0.5, 0.6) is 0 Å². The van der Waals surface area contributed by atoms with Gasteiger partial charge in [0.1, 0.15) is 6.54 Å². The first-order valence-electron chi connectivity index (χ1n) is 5.93. The number of allylic oxidation sites excluding steroid dienone is 2. The lowest BCUT2D eigenvalue weighted by atomic mass is 10.2. The number of rotatable bonds is 2. The number of hydrogen-bond donors (Lipinski definition) is 0. The molecule has 0 aromatic heterocycles. The average molecular weight is 281 g/mol. The van der Waals surface area contributed by atoms with Gasteiger partial charge >= 0.3 is 0 Å². The first-order chi connectivity index (χ1) is 8.79. The van der Waals surface area contributed by atoms with Gasteiger partial charge in [0.05, 0.1) is 36.2 Å². The monoisotopic (exact) mass is 281 g/mol. The van der Waals surface area contributed by atoms with E-state index in [-0.39, 0.29) is 0 Å². The van der Waals surface area contributed by atoms with Crippen LogP contribution in [0.2, 0.25) is 0 Å². The Kier molecular flexibility index (Phi) is 5.47. The van der Waals surface area contributed by atoms with Gasteiger partial charge in [-0.3, -0.25) is 4.48 Å². The summed E-state index contributed by atoms with van der Waals surface area (Å²) in [5.74, 6) is -0.423. The van der Waals surface area contributed by atoms with Gasteiger partial charge in [0, 0.05) is 0 Å². The fourth-order valence-corrected chi connectivity index (χ4v) is 2.13. The van der Waals surface area contributed by atoms with Gasteiger partial charge < -0.3 is 4.55 Å². The van der Waals surface area contributed by atoms with Crippen LogP contribution in [0.15, 0.2) is 54.8 Å². The summed E-state index contributed by atoms with van der Waals surface area (Å²) in [5.41, 5.74) is 0.530. The quantitative estimate of drug-likeness (QED) is 0.614. The fourth-order valence-electron chi connectivity index (χ4n) is 1.53. The molecule has 2 rings (SSSR count). The van der Waals surface area contributed by atoms with Crippen LogP contribution < -0.4 is 0 Å². The number of likely N-dealkylation sites (N-methyl/N-ethyl adjacent to an activating group) is 1. The molecule has 0 spiro atoms. The molecule has 19 heavy (non-hydrogen) atoms. The molecule has 104 valence electrons. The fraction of sp³-hybridized carbons (Fsp3) is 0.286. The van der Waals surface area contributed by atoms with E-state index in [2.05, 4.69) is 38.5 Å². The maximum atomic E-state index is 10.2. The summed E-state index contributed by atoms with van der Waals surface area (Å²) >= 11 is 0. The highest BCUT2D eigenvalue weighted by molar-refractivity contribution is 7.84. The van der Waals surface area contributed by atoms with E-state index in [9.17, 15) is 13.0 Å². The Morgan fingerprint density at radius 2 is 1.79 bits per heavy atom. The smallest absolute Gasteiger partial charge is 0.101 e. The summed E-state index contributed by atoms with van der Waals surface area (Å²) in [6.07, 6.45) is 8.53. The second kappa shape index (κ2) is 6.65. The van der Waals surface area contributed by atoms with Gasteiger partial charge in [-0.05, 0) is 17.7 Å². The largest absolute Gasteiger partial charge is 0.748 e. The van der Waals surface area contributed by atoms with Gasteiger partial charge in [-0.1, -0.05) is 36.4 Å². The third-order valence-corrected chi connectivity index (χ3v) is 3.19. The third-order valence-electron chi connectivity index (χ3n) is 2.50. The minimum absolute atomic E-state index is 0.423. The van der Waals surface area contributed by atoms with Gasteiger partial charge in [-0.15, -0.1) is 0 Å². The van der Waals surface area contributed by atoms with E-state index in [0.717, 1.165) is 11.0 Å². The summed E-state index contributed by atoms with van der Waals surface area (Å²) in [6.45, 7) is 1.12. The maximum absolute atomic E-state index is 10.2. The Morgan fingerprint density at radius 1 is 1.16 bits per heavy atom. The lowest BCUT2D eigenvalue weighted by molar-refractivity contribution is -0.833. The zero-order chi connectivity index (χ0) is 14.4. The standard InChI is InChI=1S/C7H12N.C7H8O3S/c1-8(2)6-4-3-5-7-8;8-11(9,10)6-7-4-2-1-3-5-7/h3-6H,7H2,1-2H3;1-5H,6H2,(H,8,9,10)/q+1;/p-1. The van der Waals surface area contributed by atoms with Gasteiger partial charge in [-0.25, -0.2) is 8.42 Å². The van der Waals surface area contributed by atoms with Crippen LogP contribution in [0.4, 0.5) is 0 Å². The van der Waals surface area contributed by atoms with Gasteiger partial charge in [-0.2, -0.15) is 0 Å². The van der Waals surface area contributed by atoms with Crippen LogP contribution in [0, 0.1) is 0 Å². The van der Waals surface area contributed by atoms with Crippen LogP contribution >= 0.6 is 0 Å². The van der Waals surface area contributed by atoms with Crippen molar-refractivity contribution in [3.05, 3.63) is 60.3 Å². The first-order valence-corrected chi connectivity index (χ1v) is 7.51. The van der Waals surface area contributed by atoms with E-state index in [0.29, 0.717) is 5.56 Å². The highest BCUT2D eigenvalue weighted by Crippen LogP contribution is 2.03. The lowest BCUT2D eigenvalue weighted by Gasteiger charge is -2.24. The van der Waals surface area contributed by atoms with Crippen molar-refractivity contribution in [3.8, 4) is 0 Å². The third kappa shape index (κ3) is 7.56. The normalized spacial score (nSPS) is 16.6. The van der Waals surface area contributed by atoms with Crippen molar-refractivity contribution in [3.63, 3.8) is 0 Å². The number of quaternary nitrogens is 1. The topological polar surface area (TPSA) is 57.2 Å². The minimum Gasteiger partial charge on any atom is -0.748 e. The van der Waals surface area contributed by atoms with Crippen LogP contribution in [0.25, 0.3) is 0 Å². The zero-order valence-electron chi connectivity index (χ0n) is 11.2. The van der Waals surface area contributed by atoms with E-state index in [1.54, 1.807) is 30.3 Å². The average Bonchev–Trinajstić information content (AvgIpc) is 2.28. The molecule has 1 heterocycles. The van der Waals surface area contributed by atoms with Crippen LogP contribution in [-0.4, -0.2) is 38.1 Å². The SMILES string of the molecule is C[N+]1(C)C=CC=CC1.O=S(=O)([O-])Cc1ccccc1. The molecule has 0 saturated carbocycles. The second-order valence-corrected chi connectivity index (χ2v) is 6.32. The van der Waals surface area contributed by atoms with Crippen LogP contribution in [0.3, 0.4) is 0 Å². The molecule has 0 saturated heterocycles. The van der Waals surface area contributed by atoms with E-state index >= 15 is 0 Å². The Balaban J connectivity index is 0.000000200. The minimum atomic E-state index is -4.13. The molecule has 0 fully saturated rings. The van der Waals surface area contributed by atoms with Crippen LogP contribution in [-0.2, 0) is 15.9 Å². The van der Waals surface area contributed by atoms with E-state index < -0.39 is 15.9 Å². The van der Waals surface area contributed by atoms with E-state index in [4.69, 9.17) is 0 Å². The summed E-state index contributed by atoms with van der Waals surface area (Å²) in [5, 5.41) is 0. The van der Waals surface area contributed by atoms with Gasteiger partial charge in [0.2, 0.25) is 0 Å². The second-order valence-electron chi connectivity index (χ2n) is 4.92. The van der Waals surface area contributed by atoms with Crippen molar-refractivity contribution in [2.24, 2.45) is 0 Å². The lowest BCUT2D eigenvalue weighted by Crippen LogP contribution is -2.34. The molecule has 1 aliphatic heterocycles. The Hall–Kier alpha value is -1.43. The molecule has 0 N–H and O–H groups in total. The van der Waals surface area contributed by atoms with Crippen molar-refractivity contribution in [1.82, 2.24) is 0 Å². The van der Waals surface area contributed by atoms with Crippen molar-refractivity contribution < 1.29 is 17.5 Å². The molecular weight excluding hydrogens is 262 g/mol. The Labute approximate surface area is 115 Å².